The van der Waals surface area contributed by atoms with Crippen LogP contribution in [-0.4, -0.2) is 42.0 Å². The minimum absolute atomic E-state index is 0.198. The number of aliphatic hydroxyl groups is 1. The van der Waals surface area contributed by atoms with Crippen molar-refractivity contribution in [3.05, 3.63) is 11.4 Å². The molecule has 0 aromatic heterocycles. The molecule has 17 heavy (non-hydrogen) atoms. The zero-order valence-electron chi connectivity index (χ0n) is 9.57. The van der Waals surface area contributed by atoms with Crippen molar-refractivity contribution < 1.29 is 24.2 Å². The summed E-state index contributed by atoms with van der Waals surface area (Å²) in [4.78, 5) is 23.4. The smallest absolute Gasteiger partial charge is 0.352 e. The largest absolute Gasteiger partial charge is 0.419 e. The monoisotopic (exact) mass is 242 g/mol. The van der Waals surface area contributed by atoms with Crippen molar-refractivity contribution in [2.75, 3.05) is 13.1 Å². The average Bonchev–Trinajstić information content (AvgIpc) is 2.18. The van der Waals surface area contributed by atoms with E-state index in [4.69, 9.17) is 9.47 Å². The quantitative estimate of drug-likeness (QED) is 0.273. The predicted octanol–water partition coefficient (Wildman–Crippen LogP) is -1.41. The van der Waals surface area contributed by atoms with Gasteiger partial charge < -0.3 is 25.2 Å². The van der Waals surface area contributed by atoms with E-state index in [9.17, 15) is 14.7 Å². The summed E-state index contributed by atoms with van der Waals surface area (Å²) in [6.07, 6.45) is -0.563. The van der Waals surface area contributed by atoms with Crippen molar-refractivity contribution in [2.24, 2.45) is 0 Å². The van der Waals surface area contributed by atoms with Crippen molar-refractivity contribution in [2.45, 2.75) is 25.7 Å². The topological polar surface area (TPSA) is 96.9 Å². The first-order valence-corrected chi connectivity index (χ1v) is 5.26. The molecule has 0 bridgehead atoms. The molecule has 0 aromatic rings. The molecule has 0 saturated carbocycles. The molecule has 0 unspecified atom stereocenters. The van der Waals surface area contributed by atoms with E-state index in [0.29, 0.717) is 0 Å². The highest BCUT2D eigenvalue weighted by molar-refractivity contribution is 6.15. The van der Waals surface area contributed by atoms with Crippen LogP contribution in [-0.2, 0) is 19.1 Å². The Bertz CT molecular complexity index is 370. The third kappa shape index (κ3) is 2.33. The van der Waals surface area contributed by atoms with Gasteiger partial charge in [-0.2, -0.15) is 0 Å². The van der Waals surface area contributed by atoms with Crippen LogP contribution in [0.2, 0.25) is 0 Å². The van der Waals surface area contributed by atoms with Gasteiger partial charge in [-0.25, -0.2) is 9.59 Å². The van der Waals surface area contributed by atoms with E-state index in [1.807, 2.05) is 0 Å². The molecule has 3 N–H and O–H groups in total. The second-order valence-electron chi connectivity index (χ2n) is 4.34. The van der Waals surface area contributed by atoms with Gasteiger partial charge in [0, 0.05) is 26.9 Å². The third-order valence-electron chi connectivity index (χ3n) is 2.36. The lowest BCUT2D eigenvalue weighted by Gasteiger charge is -2.32. The molecule has 0 amide bonds. The van der Waals surface area contributed by atoms with Gasteiger partial charge in [0.05, 0.1) is 6.10 Å². The highest BCUT2D eigenvalue weighted by Crippen LogP contribution is 2.23. The molecule has 0 spiro atoms. The number of hydrogen-bond acceptors (Lipinski definition) is 7. The van der Waals surface area contributed by atoms with Gasteiger partial charge >= 0.3 is 11.9 Å². The molecular formula is C10H14N2O5. The average molecular weight is 242 g/mol. The van der Waals surface area contributed by atoms with Gasteiger partial charge in [-0.3, -0.25) is 0 Å². The van der Waals surface area contributed by atoms with Crippen LogP contribution in [0.1, 0.15) is 13.8 Å². The minimum Gasteiger partial charge on any atom is -0.419 e. The first kappa shape index (κ1) is 11.7. The molecular weight excluding hydrogens is 228 g/mol. The molecule has 2 rings (SSSR count). The normalized spacial score (nSPS) is 27.8. The fourth-order valence-electron chi connectivity index (χ4n) is 1.61. The lowest BCUT2D eigenvalue weighted by molar-refractivity contribution is -0.222. The predicted molar refractivity (Wildman–Crippen MR) is 55.3 cm³/mol. The van der Waals surface area contributed by atoms with Gasteiger partial charge in [0.15, 0.2) is 5.57 Å². The van der Waals surface area contributed by atoms with Crippen LogP contribution in [0, 0.1) is 0 Å². The van der Waals surface area contributed by atoms with Crippen LogP contribution >= 0.6 is 0 Å². The first-order chi connectivity index (χ1) is 7.89. The Labute approximate surface area is 97.8 Å². The van der Waals surface area contributed by atoms with Crippen LogP contribution in [0.5, 0.6) is 0 Å². The zero-order chi connectivity index (χ0) is 12.6. The highest BCUT2D eigenvalue weighted by atomic mass is 16.7. The molecule has 7 heteroatoms. The van der Waals surface area contributed by atoms with Crippen molar-refractivity contribution in [3.8, 4) is 0 Å². The standard InChI is InChI=1S/C10H14N2O5/c1-10(2)16-8(14)6(9(15)17-10)7-11-3-5(13)4-12-7/h5,11-13H,3-4H2,1-2H3. The Morgan fingerprint density at radius 3 is 2.12 bits per heavy atom. The molecule has 2 aliphatic rings. The molecule has 2 fully saturated rings. The Kier molecular flexibility index (Phi) is 2.70. The van der Waals surface area contributed by atoms with Gasteiger partial charge in [-0.05, 0) is 0 Å². The van der Waals surface area contributed by atoms with E-state index < -0.39 is 23.8 Å². The number of esters is 2. The van der Waals surface area contributed by atoms with Crippen molar-refractivity contribution in [1.82, 2.24) is 10.6 Å². The summed E-state index contributed by atoms with van der Waals surface area (Å²) in [6, 6.07) is 0. The number of carbonyl (C=O) groups is 2. The number of β-amino-alcohol motifs (C(OH)–C–C–N with tert-alkyl or cyclic N) is 1. The molecule has 0 radical (unpaired) electrons. The number of hydrogen-bond donors (Lipinski definition) is 3. The molecule has 0 aromatic carbocycles. The second kappa shape index (κ2) is 3.92. The van der Waals surface area contributed by atoms with Crippen LogP contribution in [0.25, 0.3) is 0 Å². The molecule has 94 valence electrons. The van der Waals surface area contributed by atoms with Crippen LogP contribution in [0.15, 0.2) is 11.4 Å². The maximum atomic E-state index is 11.7. The van der Waals surface area contributed by atoms with Crippen molar-refractivity contribution in [3.63, 3.8) is 0 Å². The van der Waals surface area contributed by atoms with E-state index in [2.05, 4.69) is 10.6 Å². The maximum absolute atomic E-state index is 11.7. The summed E-state index contributed by atoms with van der Waals surface area (Å²) >= 11 is 0. The van der Waals surface area contributed by atoms with Gasteiger partial charge in [0.1, 0.15) is 5.82 Å². The van der Waals surface area contributed by atoms with Gasteiger partial charge in [0.2, 0.25) is 0 Å². The number of cyclic esters (lactones) is 2. The number of ether oxygens (including phenoxy) is 2. The number of rotatable bonds is 0. The van der Waals surface area contributed by atoms with Crippen molar-refractivity contribution >= 4 is 11.9 Å². The van der Waals surface area contributed by atoms with Crippen molar-refractivity contribution in [1.29, 1.82) is 0 Å². The van der Waals surface area contributed by atoms with E-state index in [1.165, 1.54) is 13.8 Å². The summed E-state index contributed by atoms with van der Waals surface area (Å²) in [5.74, 6) is -2.48. The van der Waals surface area contributed by atoms with Crippen LogP contribution in [0.4, 0.5) is 0 Å². The number of nitrogens with one attached hydrogen (secondary N) is 2. The highest BCUT2D eigenvalue weighted by Gasteiger charge is 2.41. The van der Waals surface area contributed by atoms with Gasteiger partial charge in [0.25, 0.3) is 5.79 Å². The fourth-order valence-corrected chi connectivity index (χ4v) is 1.61. The first-order valence-electron chi connectivity index (χ1n) is 5.26. The van der Waals surface area contributed by atoms with E-state index in [0.717, 1.165) is 0 Å². The molecule has 0 aliphatic carbocycles. The lowest BCUT2D eigenvalue weighted by atomic mass is 10.2. The molecule has 7 nitrogen and oxygen atoms in total. The van der Waals surface area contributed by atoms with Crippen LogP contribution in [0.3, 0.4) is 0 Å². The Morgan fingerprint density at radius 1 is 1.18 bits per heavy atom. The summed E-state index contributed by atoms with van der Waals surface area (Å²) in [7, 11) is 0. The second-order valence-corrected chi connectivity index (χ2v) is 4.34. The van der Waals surface area contributed by atoms with Gasteiger partial charge in [-0.1, -0.05) is 0 Å². The summed E-state index contributed by atoms with van der Waals surface area (Å²) in [5.41, 5.74) is -0.198. The molecule has 2 saturated heterocycles. The van der Waals surface area contributed by atoms with E-state index in [-0.39, 0.29) is 24.5 Å². The Hall–Kier alpha value is -1.76. The number of aliphatic hydroxyl groups excluding tert-OH is 1. The Morgan fingerprint density at radius 2 is 1.65 bits per heavy atom. The third-order valence-corrected chi connectivity index (χ3v) is 2.36. The SMILES string of the molecule is CC1(C)OC(=O)C(=C2NCC(O)CN2)C(=O)O1. The molecule has 0 atom stereocenters. The van der Waals surface area contributed by atoms with E-state index >= 15 is 0 Å². The minimum atomic E-state index is -1.24. The summed E-state index contributed by atoms with van der Waals surface area (Å²) in [5, 5.41) is 14.7. The zero-order valence-corrected chi connectivity index (χ0v) is 9.57. The summed E-state index contributed by atoms with van der Waals surface area (Å²) in [6.45, 7) is 3.48. The number of carbonyl (C=O) groups excluding carboxylic acids is 2. The van der Waals surface area contributed by atoms with Gasteiger partial charge in [-0.15, -0.1) is 0 Å². The fraction of sp³-hybridized carbons (Fsp3) is 0.600. The lowest BCUT2D eigenvalue weighted by Crippen LogP contribution is -2.50. The molecule has 2 heterocycles. The molecule has 2 aliphatic heterocycles. The van der Waals surface area contributed by atoms with Crippen LogP contribution < -0.4 is 10.6 Å². The summed E-state index contributed by atoms with van der Waals surface area (Å²) < 4.78 is 9.91. The Balaban J connectivity index is 2.24. The van der Waals surface area contributed by atoms with E-state index in [1.54, 1.807) is 0 Å². The maximum Gasteiger partial charge on any atom is 0.352 e.